The average molecular weight is 333 g/mol. The number of aryl methyl sites for hydroxylation is 1. The fourth-order valence-electron chi connectivity index (χ4n) is 1.82. The van der Waals surface area contributed by atoms with E-state index in [1.165, 1.54) is 6.92 Å². The summed E-state index contributed by atoms with van der Waals surface area (Å²) < 4.78 is 36.0. The first-order valence-electron chi connectivity index (χ1n) is 6.52. The molecule has 9 heteroatoms. The maximum Gasteiger partial charge on any atom is 0.341 e. The maximum atomic E-state index is 12.2. The van der Waals surface area contributed by atoms with E-state index in [4.69, 9.17) is 9.52 Å². The highest BCUT2D eigenvalue weighted by Gasteiger charge is 2.30. The Labute approximate surface area is 128 Å². The molecular weight excluding hydrogens is 314 g/mol. The number of nitrogens with one attached hydrogen (secondary N) is 1. The van der Waals surface area contributed by atoms with Gasteiger partial charge >= 0.3 is 11.9 Å². The van der Waals surface area contributed by atoms with Crippen LogP contribution in [0.15, 0.2) is 15.6 Å². The van der Waals surface area contributed by atoms with Crippen molar-refractivity contribution in [1.29, 1.82) is 0 Å². The lowest BCUT2D eigenvalue weighted by Gasteiger charge is -2.15. The number of ether oxygens (including phenoxy) is 1. The van der Waals surface area contributed by atoms with Gasteiger partial charge in [-0.1, -0.05) is 13.8 Å². The van der Waals surface area contributed by atoms with Gasteiger partial charge in [-0.3, -0.25) is 4.79 Å². The molecule has 1 rings (SSSR count). The molecular formula is C13H19NO7S. The van der Waals surface area contributed by atoms with Gasteiger partial charge in [-0.05, 0) is 19.3 Å². The average Bonchev–Trinajstić information content (AvgIpc) is 2.79. The molecule has 1 atom stereocenters. The van der Waals surface area contributed by atoms with Crippen molar-refractivity contribution in [3.05, 3.63) is 17.4 Å². The zero-order valence-corrected chi connectivity index (χ0v) is 13.6. The molecule has 0 spiro atoms. The van der Waals surface area contributed by atoms with E-state index in [9.17, 15) is 18.0 Å². The zero-order chi connectivity index (χ0) is 17.1. The minimum atomic E-state index is -4.20. The van der Waals surface area contributed by atoms with Crippen molar-refractivity contribution >= 4 is 22.0 Å². The number of sulfonamides is 1. The molecule has 0 aliphatic rings. The smallest absolute Gasteiger partial charge is 0.341 e. The molecule has 0 bridgehead atoms. The number of carboxylic acid groups (broad SMARTS) is 1. The third-order valence-corrected chi connectivity index (χ3v) is 4.19. The second-order valence-corrected chi connectivity index (χ2v) is 6.81. The van der Waals surface area contributed by atoms with Crippen molar-refractivity contribution in [3.63, 3.8) is 0 Å². The largest absolute Gasteiger partial charge is 0.480 e. The van der Waals surface area contributed by atoms with E-state index in [2.05, 4.69) is 9.46 Å². The fraction of sp³-hybridized carbons (Fsp3) is 0.538. The van der Waals surface area contributed by atoms with Crippen LogP contribution in [0, 0.1) is 12.8 Å². The van der Waals surface area contributed by atoms with Crippen LogP contribution in [0.4, 0.5) is 0 Å². The second-order valence-electron chi connectivity index (χ2n) is 5.17. The summed E-state index contributed by atoms with van der Waals surface area (Å²) in [5.41, 5.74) is -0.0291. The minimum Gasteiger partial charge on any atom is -0.480 e. The van der Waals surface area contributed by atoms with Gasteiger partial charge in [-0.2, -0.15) is 4.72 Å². The van der Waals surface area contributed by atoms with Crippen molar-refractivity contribution in [1.82, 2.24) is 4.72 Å². The summed E-state index contributed by atoms with van der Waals surface area (Å²) in [5.74, 6) is -1.97. The molecule has 8 nitrogen and oxygen atoms in total. The monoisotopic (exact) mass is 333 g/mol. The van der Waals surface area contributed by atoms with E-state index in [0.717, 1.165) is 13.2 Å². The van der Waals surface area contributed by atoms with Crippen LogP contribution in [0.5, 0.6) is 0 Å². The fourth-order valence-corrected chi connectivity index (χ4v) is 3.01. The number of aliphatic carboxylic acids is 1. The third kappa shape index (κ3) is 4.31. The Hall–Kier alpha value is -1.87. The van der Waals surface area contributed by atoms with E-state index in [0.29, 0.717) is 0 Å². The Bertz CT molecular complexity index is 660. The van der Waals surface area contributed by atoms with Crippen LogP contribution in [0.1, 0.15) is 36.4 Å². The number of esters is 1. The van der Waals surface area contributed by atoms with Crippen molar-refractivity contribution in [2.45, 2.75) is 38.3 Å². The Morgan fingerprint density at radius 2 is 2.00 bits per heavy atom. The zero-order valence-electron chi connectivity index (χ0n) is 12.7. The molecule has 124 valence electrons. The van der Waals surface area contributed by atoms with Crippen LogP contribution in [-0.4, -0.2) is 38.6 Å². The number of carboxylic acids is 1. The van der Waals surface area contributed by atoms with Gasteiger partial charge in [-0.25, -0.2) is 13.2 Å². The molecule has 0 saturated carbocycles. The number of carbonyl (C=O) groups is 2. The van der Waals surface area contributed by atoms with Crippen molar-refractivity contribution in [2.75, 3.05) is 7.11 Å². The van der Waals surface area contributed by atoms with Gasteiger partial charge in [0, 0.05) is 6.07 Å². The van der Waals surface area contributed by atoms with Gasteiger partial charge in [-0.15, -0.1) is 0 Å². The Balaban J connectivity index is 3.08. The van der Waals surface area contributed by atoms with Gasteiger partial charge in [0.15, 0.2) is 0 Å². The molecule has 1 aromatic heterocycles. The van der Waals surface area contributed by atoms with Crippen LogP contribution in [-0.2, 0) is 19.6 Å². The Kier molecular flexibility index (Phi) is 5.72. The maximum absolute atomic E-state index is 12.2. The standard InChI is InChI=1S/C13H19NO7S/c1-7(2)5-10(12(15)16)14-22(18,19)11-6-9(8(3)21-11)13(17)20-4/h6-7,10,14H,5H2,1-4H3,(H,15,16)/t10-/m1/s1. The normalized spacial score (nSPS) is 13.1. The van der Waals surface area contributed by atoms with Gasteiger partial charge in [0.25, 0.3) is 10.0 Å². The SMILES string of the molecule is COC(=O)c1cc(S(=O)(=O)N[C@H](CC(C)C)C(=O)O)oc1C. The van der Waals surface area contributed by atoms with Gasteiger partial charge < -0.3 is 14.3 Å². The lowest BCUT2D eigenvalue weighted by molar-refractivity contribution is -0.139. The Morgan fingerprint density at radius 1 is 1.41 bits per heavy atom. The van der Waals surface area contributed by atoms with Crippen molar-refractivity contribution in [2.24, 2.45) is 5.92 Å². The molecule has 0 aromatic carbocycles. The third-order valence-electron chi connectivity index (χ3n) is 2.87. The second kappa shape index (κ2) is 6.93. The molecule has 0 fully saturated rings. The van der Waals surface area contributed by atoms with E-state index >= 15 is 0 Å². The highest BCUT2D eigenvalue weighted by atomic mass is 32.2. The van der Waals surface area contributed by atoms with Gasteiger partial charge in [0.2, 0.25) is 5.09 Å². The number of methoxy groups -OCH3 is 1. The van der Waals surface area contributed by atoms with Gasteiger partial charge in [0.05, 0.1) is 7.11 Å². The van der Waals surface area contributed by atoms with E-state index in [1.54, 1.807) is 13.8 Å². The van der Waals surface area contributed by atoms with Crippen LogP contribution in [0.3, 0.4) is 0 Å². The molecule has 0 unspecified atom stereocenters. The molecule has 1 aromatic rings. The number of hydrogen-bond donors (Lipinski definition) is 2. The molecule has 0 aliphatic carbocycles. The summed E-state index contributed by atoms with van der Waals surface area (Å²) in [6.07, 6.45) is 0.123. The molecule has 0 aliphatic heterocycles. The number of rotatable bonds is 7. The molecule has 1 heterocycles. The molecule has 0 radical (unpaired) electrons. The van der Waals surface area contributed by atoms with Gasteiger partial charge in [0.1, 0.15) is 17.4 Å². The number of hydrogen-bond acceptors (Lipinski definition) is 6. The first-order valence-corrected chi connectivity index (χ1v) is 8.00. The summed E-state index contributed by atoms with van der Waals surface area (Å²) >= 11 is 0. The van der Waals surface area contributed by atoms with E-state index in [-0.39, 0.29) is 23.7 Å². The molecule has 0 amide bonds. The van der Waals surface area contributed by atoms with Crippen molar-refractivity contribution < 1.29 is 32.3 Å². The quantitative estimate of drug-likeness (QED) is 0.717. The summed E-state index contributed by atoms with van der Waals surface area (Å²) in [4.78, 5) is 22.6. The highest BCUT2D eigenvalue weighted by molar-refractivity contribution is 7.89. The number of furan rings is 1. The predicted molar refractivity (Wildman–Crippen MR) is 76.0 cm³/mol. The molecule has 2 N–H and O–H groups in total. The minimum absolute atomic E-state index is 0.0206. The van der Waals surface area contributed by atoms with Crippen LogP contribution in [0.2, 0.25) is 0 Å². The summed E-state index contributed by atoms with van der Waals surface area (Å²) in [5, 5.41) is 8.56. The highest BCUT2D eigenvalue weighted by Crippen LogP contribution is 2.20. The first-order chi connectivity index (χ1) is 10.1. The molecule has 0 saturated heterocycles. The summed E-state index contributed by atoms with van der Waals surface area (Å²) in [6.45, 7) is 4.96. The summed E-state index contributed by atoms with van der Waals surface area (Å²) in [6, 6.07) is -0.269. The lowest BCUT2D eigenvalue weighted by atomic mass is 10.1. The van der Waals surface area contributed by atoms with Crippen LogP contribution < -0.4 is 4.72 Å². The van der Waals surface area contributed by atoms with E-state index in [1.807, 2.05) is 0 Å². The van der Waals surface area contributed by atoms with Crippen molar-refractivity contribution in [3.8, 4) is 0 Å². The Morgan fingerprint density at radius 3 is 2.45 bits per heavy atom. The first kappa shape index (κ1) is 18.2. The van der Waals surface area contributed by atoms with Crippen LogP contribution in [0.25, 0.3) is 0 Å². The topological polar surface area (TPSA) is 123 Å². The summed E-state index contributed by atoms with van der Waals surface area (Å²) in [7, 11) is -3.04. The number of carbonyl (C=O) groups excluding carboxylic acids is 1. The van der Waals surface area contributed by atoms with Crippen LogP contribution >= 0.6 is 0 Å². The van der Waals surface area contributed by atoms with E-state index < -0.39 is 33.1 Å². The molecule has 22 heavy (non-hydrogen) atoms. The predicted octanol–water partition coefficient (Wildman–Crippen LogP) is 1.15. The lowest BCUT2D eigenvalue weighted by Crippen LogP contribution is -2.41.